The lowest BCUT2D eigenvalue weighted by Crippen LogP contribution is -2.40. The molecule has 3 heteroatoms. The molecule has 1 aliphatic rings. The van der Waals surface area contributed by atoms with Gasteiger partial charge in [0.05, 0.1) is 5.51 Å². The van der Waals surface area contributed by atoms with Crippen molar-refractivity contribution in [3.63, 3.8) is 0 Å². The highest BCUT2D eigenvalue weighted by Gasteiger charge is 2.26. The van der Waals surface area contributed by atoms with Crippen molar-refractivity contribution in [1.29, 1.82) is 0 Å². The minimum absolute atomic E-state index is 0.689. The first-order valence-corrected chi connectivity index (χ1v) is 6.39. The molecule has 1 aromatic heterocycles. The lowest BCUT2D eigenvalue weighted by atomic mass is 9.78. The van der Waals surface area contributed by atoms with E-state index in [1.54, 1.807) is 11.3 Å². The summed E-state index contributed by atoms with van der Waals surface area (Å²) < 4.78 is 0. The molecule has 1 N–H and O–H groups in total. The van der Waals surface area contributed by atoms with Crippen molar-refractivity contribution in [2.75, 3.05) is 6.54 Å². The van der Waals surface area contributed by atoms with E-state index in [2.05, 4.69) is 17.2 Å². The van der Waals surface area contributed by atoms with Gasteiger partial charge in [-0.2, -0.15) is 0 Å². The fraction of sp³-hybridized carbons (Fsp3) is 0.727. The Hall–Kier alpha value is -0.410. The van der Waals surface area contributed by atoms with Gasteiger partial charge in [0, 0.05) is 17.1 Å². The summed E-state index contributed by atoms with van der Waals surface area (Å²) in [5.41, 5.74) is 1.93. The summed E-state index contributed by atoms with van der Waals surface area (Å²) in [6.07, 6.45) is 7.43. The van der Waals surface area contributed by atoms with Crippen LogP contribution < -0.4 is 5.32 Å². The van der Waals surface area contributed by atoms with Gasteiger partial charge in [-0.3, -0.25) is 4.98 Å². The summed E-state index contributed by atoms with van der Waals surface area (Å²) in [6, 6.07) is 0.689. The third-order valence-electron chi connectivity index (χ3n) is 3.09. The van der Waals surface area contributed by atoms with Crippen molar-refractivity contribution in [2.24, 2.45) is 5.92 Å². The first-order valence-electron chi connectivity index (χ1n) is 5.51. The molecular formula is C11H18N2S. The highest BCUT2D eigenvalue weighted by molar-refractivity contribution is 7.09. The minimum Gasteiger partial charge on any atom is -0.314 e. The highest BCUT2D eigenvalue weighted by Crippen LogP contribution is 2.31. The molecule has 0 bridgehead atoms. The van der Waals surface area contributed by atoms with Crippen LogP contribution in [-0.4, -0.2) is 17.6 Å². The number of thiazole rings is 1. The van der Waals surface area contributed by atoms with Gasteiger partial charge < -0.3 is 5.32 Å². The molecule has 1 heterocycles. The Kier molecular flexibility index (Phi) is 3.54. The molecule has 1 aromatic rings. The van der Waals surface area contributed by atoms with Gasteiger partial charge in [0.15, 0.2) is 0 Å². The number of rotatable bonds is 5. The van der Waals surface area contributed by atoms with E-state index < -0.39 is 0 Å². The first-order chi connectivity index (χ1) is 6.90. The SMILES string of the molecule is CCNC(Cc1cncs1)C1CCC1. The van der Waals surface area contributed by atoms with E-state index in [1.807, 2.05) is 11.7 Å². The molecular weight excluding hydrogens is 192 g/mol. The molecule has 1 unspecified atom stereocenters. The Morgan fingerprint density at radius 1 is 1.64 bits per heavy atom. The normalized spacial score (nSPS) is 19.2. The van der Waals surface area contributed by atoms with Crippen molar-refractivity contribution < 1.29 is 0 Å². The van der Waals surface area contributed by atoms with E-state index in [-0.39, 0.29) is 0 Å². The zero-order valence-electron chi connectivity index (χ0n) is 8.70. The molecule has 0 spiro atoms. The van der Waals surface area contributed by atoms with E-state index in [0.29, 0.717) is 6.04 Å². The standard InChI is InChI=1S/C11H18N2S/c1-2-13-11(9-4-3-5-9)6-10-7-12-8-14-10/h7-9,11,13H,2-6H2,1H3. The smallest absolute Gasteiger partial charge is 0.0794 e. The summed E-state index contributed by atoms with van der Waals surface area (Å²) in [5.74, 6) is 0.914. The first kappa shape index (κ1) is 10.1. The molecule has 0 saturated heterocycles. The molecule has 1 aliphatic carbocycles. The van der Waals surface area contributed by atoms with Crippen molar-refractivity contribution in [3.05, 3.63) is 16.6 Å². The Morgan fingerprint density at radius 2 is 2.50 bits per heavy atom. The zero-order valence-corrected chi connectivity index (χ0v) is 9.52. The van der Waals surface area contributed by atoms with Crippen LogP contribution >= 0.6 is 11.3 Å². The van der Waals surface area contributed by atoms with E-state index >= 15 is 0 Å². The molecule has 2 nitrogen and oxygen atoms in total. The summed E-state index contributed by atoms with van der Waals surface area (Å²) in [5, 5.41) is 3.60. The van der Waals surface area contributed by atoms with Crippen LogP contribution in [0.3, 0.4) is 0 Å². The van der Waals surface area contributed by atoms with Crippen molar-refractivity contribution in [2.45, 2.75) is 38.6 Å². The average molecular weight is 210 g/mol. The summed E-state index contributed by atoms with van der Waals surface area (Å²) >= 11 is 1.78. The maximum Gasteiger partial charge on any atom is 0.0794 e. The summed E-state index contributed by atoms with van der Waals surface area (Å²) in [4.78, 5) is 5.55. The molecule has 1 saturated carbocycles. The molecule has 0 amide bonds. The Morgan fingerprint density at radius 3 is 3.00 bits per heavy atom. The van der Waals surface area contributed by atoms with Crippen LogP contribution in [0.1, 0.15) is 31.1 Å². The topological polar surface area (TPSA) is 24.9 Å². The predicted octanol–water partition coefficient (Wildman–Crippen LogP) is 2.46. The van der Waals surface area contributed by atoms with Gasteiger partial charge in [0.2, 0.25) is 0 Å². The number of likely N-dealkylation sites (N-methyl/N-ethyl adjacent to an activating group) is 1. The van der Waals surface area contributed by atoms with E-state index in [4.69, 9.17) is 0 Å². The van der Waals surface area contributed by atoms with Gasteiger partial charge in [-0.25, -0.2) is 0 Å². The summed E-state index contributed by atoms with van der Waals surface area (Å²) in [7, 11) is 0. The molecule has 1 fully saturated rings. The largest absolute Gasteiger partial charge is 0.314 e. The van der Waals surface area contributed by atoms with Crippen LogP contribution in [0.4, 0.5) is 0 Å². The van der Waals surface area contributed by atoms with Crippen molar-refractivity contribution >= 4 is 11.3 Å². The van der Waals surface area contributed by atoms with Crippen LogP contribution in [0.15, 0.2) is 11.7 Å². The maximum atomic E-state index is 4.13. The highest BCUT2D eigenvalue weighted by atomic mass is 32.1. The van der Waals surface area contributed by atoms with Crippen LogP contribution in [0, 0.1) is 5.92 Å². The summed E-state index contributed by atoms with van der Waals surface area (Å²) in [6.45, 7) is 3.28. The van der Waals surface area contributed by atoms with Gasteiger partial charge in [0.1, 0.15) is 0 Å². The Labute approximate surface area is 89.8 Å². The third-order valence-corrected chi connectivity index (χ3v) is 3.89. The third kappa shape index (κ3) is 2.34. The lowest BCUT2D eigenvalue weighted by molar-refractivity contribution is 0.230. The Balaban J connectivity index is 1.89. The fourth-order valence-electron chi connectivity index (χ4n) is 2.07. The van der Waals surface area contributed by atoms with Crippen LogP contribution in [0.5, 0.6) is 0 Å². The van der Waals surface area contributed by atoms with Gasteiger partial charge in [-0.05, 0) is 31.7 Å². The van der Waals surface area contributed by atoms with E-state index in [1.165, 1.54) is 30.6 Å². The van der Waals surface area contributed by atoms with Gasteiger partial charge >= 0.3 is 0 Å². The van der Waals surface area contributed by atoms with E-state index in [9.17, 15) is 0 Å². The molecule has 2 rings (SSSR count). The number of nitrogens with zero attached hydrogens (tertiary/aromatic N) is 1. The monoisotopic (exact) mass is 210 g/mol. The number of nitrogens with one attached hydrogen (secondary N) is 1. The van der Waals surface area contributed by atoms with Gasteiger partial charge in [0.25, 0.3) is 0 Å². The number of hydrogen-bond acceptors (Lipinski definition) is 3. The van der Waals surface area contributed by atoms with Gasteiger partial charge in [-0.1, -0.05) is 13.3 Å². The predicted molar refractivity (Wildman–Crippen MR) is 60.6 cm³/mol. The molecule has 0 aromatic carbocycles. The fourth-order valence-corrected chi connectivity index (χ4v) is 2.72. The van der Waals surface area contributed by atoms with Crippen LogP contribution in [0.2, 0.25) is 0 Å². The van der Waals surface area contributed by atoms with Crippen molar-refractivity contribution in [1.82, 2.24) is 10.3 Å². The quantitative estimate of drug-likeness (QED) is 0.807. The Bertz CT molecular complexity index is 254. The second-order valence-corrected chi connectivity index (χ2v) is 5.00. The molecule has 78 valence electrons. The zero-order chi connectivity index (χ0) is 9.80. The average Bonchev–Trinajstić information content (AvgIpc) is 2.54. The molecule has 0 aliphatic heterocycles. The lowest BCUT2D eigenvalue weighted by Gasteiger charge is -2.34. The number of hydrogen-bond donors (Lipinski definition) is 1. The van der Waals surface area contributed by atoms with Crippen LogP contribution in [-0.2, 0) is 6.42 Å². The number of aromatic nitrogens is 1. The molecule has 1 atom stereocenters. The second kappa shape index (κ2) is 4.89. The maximum absolute atomic E-state index is 4.13. The second-order valence-electron chi connectivity index (χ2n) is 4.03. The van der Waals surface area contributed by atoms with Crippen LogP contribution in [0.25, 0.3) is 0 Å². The van der Waals surface area contributed by atoms with Gasteiger partial charge in [-0.15, -0.1) is 11.3 Å². The van der Waals surface area contributed by atoms with E-state index in [0.717, 1.165) is 12.5 Å². The molecule has 0 radical (unpaired) electrons. The molecule has 14 heavy (non-hydrogen) atoms. The van der Waals surface area contributed by atoms with Crippen molar-refractivity contribution in [3.8, 4) is 0 Å². The minimum atomic E-state index is 0.689.